The first kappa shape index (κ1) is 14.8. The normalized spacial score (nSPS) is 11.7. The Bertz CT molecular complexity index is 673. The first-order valence-corrected chi connectivity index (χ1v) is 6.61. The molecule has 0 unspecified atom stereocenters. The van der Waals surface area contributed by atoms with Crippen molar-refractivity contribution in [2.45, 2.75) is 19.4 Å². The molecule has 2 rings (SSSR count). The van der Waals surface area contributed by atoms with Crippen LogP contribution in [0.2, 0.25) is 0 Å². The van der Waals surface area contributed by atoms with E-state index in [1.807, 2.05) is 6.07 Å². The van der Waals surface area contributed by atoms with E-state index in [2.05, 4.69) is 0 Å². The molecule has 0 saturated heterocycles. The Morgan fingerprint density at radius 1 is 1.43 bits per heavy atom. The molecule has 0 aliphatic heterocycles. The lowest BCUT2D eigenvalue weighted by Crippen LogP contribution is -2.34. The Hall–Kier alpha value is -2.61. The van der Waals surface area contributed by atoms with E-state index in [9.17, 15) is 9.18 Å². The number of hydrogen-bond donors (Lipinski definition) is 0. The van der Waals surface area contributed by atoms with E-state index in [4.69, 9.17) is 5.26 Å². The monoisotopic (exact) mass is 285 g/mol. The highest BCUT2D eigenvalue weighted by molar-refractivity contribution is 5.94. The Morgan fingerprint density at radius 3 is 2.67 bits per heavy atom. The van der Waals surface area contributed by atoms with Crippen LogP contribution in [-0.2, 0) is 0 Å². The van der Waals surface area contributed by atoms with Crippen molar-refractivity contribution in [1.82, 2.24) is 9.47 Å². The van der Waals surface area contributed by atoms with Crippen molar-refractivity contribution in [3.63, 3.8) is 0 Å². The Morgan fingerprint density at radius 2 is 2.10 bits per heavy atom. The number of carbonyl (C=O) groups excluding carboxylic acids is 1. The molecular weight excluding hydrogens is 269 g/mol. The molecule has 0 saturated carbocycles. The van der Waals surface area contributed by atoms with Crippen LogP contribution in [0, 0.1) is 17.1 Å². The van der Waals surface area contributed by atoms with Gasteiger partial charge in [0.05, 0.1) is 18.2 Å². The van der Waals surface area contributed by atoms with E-state index in [1.54, 1.807) is 55.2 Å². The van der Waals surface area contributed by atoms with Gasteiger partial charge in [-0.15, -0.1) is 0 Å². The molecule has 1 aromatic carbocycles. The molecule has 0 aliphatic rings. The number of rotatable bonds is 4. The molecule has 5 heteroatoms. The van der Waals surface area contributed by atoms with Crippen molar-refractivity contribution in [2.75, 3.05) is 7.05 Å². The van der Waals surface area contributed by atoms with Crippen molar-refractivity contribution in [1.29, 1.82) is 5.26 Å². The van der Waals surface area contributed by atoms with Gasteiger partial charge in [0.1, 0.15) is 5.82 Å². The van der Waals surface area contributed by atoms with Gasteiger partial charge < -0.3 is 9.47 Å². The molecule has 0 N–H and O–H groups in total. The number of benzene rings is 1. The van der Waals surface area contributed by atoms with Crippen LogP contribution < -0.4 is 0 Å². The number of aromatic nitrogens is 1. The average Bonchev–Trinajstić information content (AvgIpc) is 2.99. The van der Waals surface area contributed by atoms with E-state index >= 15 is 0 Å². The summed E-state index contributed by atoms with van der Waals surface area (Å²) in [6.45, 7) is 1.78. The van der Waals surface area contributed by atoms with Gasteiger partial charge in [0.2, 0.25) is 0 Å². The summed E-state index contributed by atoms with van der Waals surface area (Å²) < 4.78 is 15.8. The number of nitriles is 1. The zero-order valence-corrected chi connectivity index (χ0v) is 12.0. The summed E-state index contributed by atoms with van der Waals surface area (Å²) in [6, 6.07) is 9.81. The fraction of sp³-hybridized carbons (Fsp3) is 0.250. The highest BCUT2D eigenvalue weighted by Gasteiger charge is 2.18. The first-order chi connectivity index (χ1) is 10.0. The van der Waals surface area contributed by atoms with Crippen LogP contribution in [0.25, 0.3) is 5.69 Å². The SMILES string of the molecule is C[C@@H](CC#N)N(C)C(=O)c1ccc(-n2cccc2)c(F)c1. The van der Waals surface area contributed by atoms with Gasteiger partial charge in [0, 0.05) is 31.0 Å². The fourth-order valence-corrected chi connectivity index (χ4v) is 2.02. The van der Waals surface area contributed by atoms with Gasteiger partial charge in [-0.3, -0.25) is 4.79 Å². The van der Waals surface area contributed by atoms with Gasteiger partial charge in [-0.2, -0.15) is 5.26 Å². The van der Waals surface area contributed by atoms with Crippen LogP contribution in [0.15, 0.2) is 42.7 Å². The molecule has 108 valence electrons. The molecule has 1 aromatic heterocycles. The first-order valence-electron chi connectivity index (χ1n) is 6.61. The van der Waals surface area contributed by atoms with Crippen molar-refractivity contribution in [3.8, 4) is 11.8 Å². The minimum atomic E-state index is -0.460. The predicted molar refractivity (Wildman–Crippen MR) is 77.5 cm³/mol. The van der Waals surface area contributed by atoms with Crippen LogP contribution in [0.1, 0.15) is 23.7 Å². The third-order valence-corrected chi connectivity index (χ3v) is 3.45. The third kappa shape index (κ3) is 3.11. The fourth-order valence-electron chi connectivity index (χ4n) is 2.02. The van der Waals surface area contributed by atoms with Crippen molar-refractivity contribution in [2.24, 2.45) is 0 Å². The smallest absolute Gasteiger partial charge is 0.253 e. The second-order valence-corrected chi connectivity index (χ2v) is 4.88. The van der Waals surface area contributed by atoms with Crippen molar-refractivity contribution in [3.05, 3.63) is 54.1 Å². The van der Waals surface area contributed by atoms with Crippen LogP contribution in [-0.4, -0.2) is 28.5 Å². The molecular formula is C16H16FN3O. The van der Waals surface area contributed by atoms with Gasteiger partial charge in [0.15, 0.2) is 0 Å². The Balaban J connectivity index is 2.24. The molecule has 0 fully saturated rings. The van der Waals surface area contributed by atoms with Crippen molar-refractivity contribution >= 4 is 5.91 Å². The molecule has 21 heavy (non-hydrogen) atoms. The molecule has 1 heterocycles. The predicted octanol–water partition coefficient (Wildman–Crippen LogP) is 2.99. The van der Waals surface area contributed by atoms with E-state index in [1.165, 1.54) is 11.0 Å². The minimum absolute atomic E-state index is 0.213. The molecule has 0 spiro atoms. The highest BCUT2D eigenvalue weighted by atomic mass is 19.1. The maximum absolute atomic E-state index is 14.1. The summed E-state index contributed by atoms with van der Waals surface area (Å²) in [5, 5.41) is 8.67. The number of carbonyl (C=O) groups is 1. The van der Waals surface area contributed by atoms with E-state index < -0.39 is 5.82 Å². The minimum Gasteiger partial charge on any atom is -0.338 e. The molecule has 1 atom stereocenters. The standard InChI is InChI=1S/C16H16FN3O/c1-12(7-8-18)19(2)16(21)13-5-6-15(14(17)11-13)20-9-3-4-10-20/h3-6,9-12H,7H2,1-2H3/t12-/m0/s1. The Labute approximate surface area is 123 Å². The quantitative estimate of drug-likeness (QED) is 0.867. The van der Waals surface area contributed by atoms with E-state index in [0.29, 0.717) is 5.69 Å². The zero-order chi connectivity index (χ0) is 15.4. The second-order valence-electron chi connectivity index (χ2n) is 4.88. The topological polar surface area (TPSA) is 49.0 Å². The molecule has 4 nitrogen and oxygen atoms in total. The largest absolute Gasteiger partial charge is 0.338 e. The maximum atomic E-state index is 14.1. The summed E-state index contributed by atoms with van der Waals surface area (Å²) in [7, 11) is 1.61. The third-order valence-electron chi connectivity index (χ3n) is 3.45. The maximum Gasteiger partial charge on any atom is 0.253 e. The van der Waals surface area contributed by atoms with Gasteiger partial charge in [-0.1, -0.05) is 0 Å². The Kier molecular flexibility index (Phi) is 4.39. The summed E-state index contributed by atoms with van der Waals surface area (Å²) >= 11 is 0. The average molecular weight is 285 g/mol. The van der Waals surface area contributed by atoms with Crippen LogP contribution >= 0.6 is 0 Å². The van der Waals surface area contributed by atoms with Crippen LogP contribution in [0.3, 0.4) is 0 Å². The van der Waals surface area contributed by atoms with E-state index in [-0.39, 0.29) is 23.9 Å². The summed E-state index contributed by atoms with van der Waals surface area (Å²) in [5.41, 5.74) is 0.667. The summed E-state index contributed by atoms with van der Waals surface area (Å²) in [5.74, 6) is -0.755. The van der Waals surface area contributed by atoms with Gasteiger partial charge >= 0.3 is 0 Å². The molecule has 0 radical (unpaired) electrons. The summed E-state index contributed by atoms with van der Waals surface area (Å²) in [4.78, 5) is 13.7. The molecule has 0 aliphatic carbocycles. The highest BCUT2D eigenvalue weighted by Crippen LogP contribution is 2.17. The number of amides is 1. The molecule has 1 amide bonds. The van der Waals surface area contributed by atoms with Crippen LogP contribution in [0.5, 0.6) is 0 Å². The van der Waals surface area contributed by atoms with Gasteiger partial charge in [-0.05, 0) is 37.3 Å². The lowest BCUT2D eigenvalue weighted by molar-refractivity contribution is 0.0746. The zero-order valence-electron chi connectivity index (χ0n) is 12.0. The number of nitrogens with zero attached hydrogens (tertiary/aromatic N) is 3. The second kappa shape index (κ2) is 6.23. The van der Waals surface area contributed by atoms with Crippen molar-refractivity contribution < 1.29 is 9.18 Å². The lowest BCUT2D eigenvalue weighted by atomic mass is 10.1. The van der Waals surface area contributed by atoms with Gasteiger partial charge in [-0.25, -0.2) is 4.39 Å². The van der Waals surface area contributed by atoms with Crippen LogP contribution in [0.4, 0.5) is 4.39 Å². The molecule has 2 aromatic rings. The number of halogens is 1. The lowest BCUT2D eigenvalue weighted by Gasteiger charge is -2.23. The number of hydrogen-bond acceptors (Lipinski definition) is 2. The van der Waals surface area contributed by atoms with E-state index in [0.717, 1.165) is 0 Å². The molecule has 0 bridgehead atoms. The summed E-state index contributed by atoms with van der Waals surface area (Å²) in [6.07, 6.45) is 3.72. The van der Waals surface area contributed by atoms with Gasteiger partial charge in [0.25, 0.3) is 5.91 Å².